The standard InChI is InChI=1S/C16H8F12O4/c17-13(18,19)11(31,14(20,21)22)7-5-3-1-2-4-6(5)8(10(30)9(7)29)12(32,15(23,24)25)16(26,27)28/h1-4,29-32H. The molecule has 0 fully saturated rings. The lowest BCUT2D eigenvalue weighted by Gasteiger charge is -2.37. The highest BCUT2D eigenvalue weighted by Gasteiger charge is 2.75. The van der Waals surface area contributed by atoms with E-state index < -0.39 is 69.3 Å². The Labute approximate surface area is 167 Å². The average Bonchev–Trinajstić information content (AvgIpc) is 2.58. The molecule has 4 nitrogen and oxygen atoms in total. The molecular weight excluding hydrogens is 484 g/mol. The fraction of sp³-hybridized carbons (Fsp3) is 0.375. The van der Waals surface area contributed by atoms with Crippen LogP contribution in [0.5, 0.6) is 11.5 Å². The minimum absolute atomic E-state index is 0.114. The van der Waals surface area contributed by atoms with E-state index in [1.54, 1.807) is 0 Å². The summed E-state index contributed by atoms with van der Waals surface area (Å²) in [5, 5.41) is 35.0. The van der Waals surface area contributed by atoms with Crippen LogP contribution in [0.4, 0.5) is 52.7 Å². The predicted octanol–water partition coefficient (Wildman–Crippen LogP) is 4.88. The van der Waals surface area contributed by atoms with Crippen LogP contribution >= 0.6 is 0 Å². The predicted molar refractivity (Wildman–Crippen MR) is 79.3 cm³/mol. The van der Waals surface area contributed by atoms with Crippen molar-refractivity contribution in [3.63, 3.8) is 0 Å². The van der Waals surface area contributed by atoms with Crippen molar-refractivity contribution in [2.24, 2.45) is 0 Å². The molecule has 2 aromatic carbocycles. The van der Waals surface area contributed by atoms with Gasteiger partial charge < -0.3 is 20.4 Å². The van der Waals surface area contributed by atoms with Gasteiger partial charge in [-0.15, -0.1) is 0 Å². The van der Waals surface area contributed by atoms with Gasteiger partial charge in [0.05, 0.1) is 11.1 Å². The first-order valence-electron chi connectivity index (χ1n) is 7.74. The van der Waals surface area contributed by atoms with Crippen LogP contribution in [0.25, 0.3) is 10.8 Å². The highest BCUT2D eigenvalue weighted by atomic mass is 19.4. The quantitative estimate of drug-likeness (QED) is 0.356. The van der Waals surface area contributed by atoms with E-state index in [9.17, 15) is 73.1 Å². The highest BCUT2D eigenvalue weighted by molar-refractivity contribution is 5.95. The second-order valence-corrected chi connectivity index (χ2v) is 6.40. The lowest BCUT2D eigenvalue weighted by Crippen LogP contribution is -2.55. The second kappa shape index (κ2) is 6.94. The molecule has 16 heteroatoms. The van der Waals surface area contributed by atoms with E-state index in [-0.39, 0.29) is 12.1 Å². The third-order valence-corrected chi connectivity index (χ3v) is 4.53. The number of hydrogen-bond acceptors (Lipinski definition) is 4. The Bertz CT molecular complexity index is 922. The van der Waals surface area contributed by atoms with Gasteiger partial charge in [0.2, 0.25) is 0 Å². The first-order chi connectivity index (χ1) is 14.0. The van der Waals surface area contributed by atoms with Gasteiger partial charge in [-0.1, -0.05) is 24.3 Å². The van der Waals surface area contributed by atoms with Crippen LogP contribution in [0.15, 0.2) is 24.3 Å². The van der Waals surface area contributed by atoms with E-state index in [0.717, 1.165) is 0 Å². The van der Waals surface area contributed by atoms with Gasteiger partial charge in [-0.3, -0.25) is 0 Å². The van der Waals surface area contributed by atoms with Gasteiger partial charge in [-0.25, -0.2) is 0 Å². The molecule has 2 aromatic rings. The third-order valence-electron chi connectivity index (χ3n) is 4.53. The SMILES string of the molecule is Oc1c(O)c(C(O)(C(F)(F)F)C(F)(F)F)c2ccccc2c1C(O)(C(F)(F)F)C(F)(F)F. The summed E-state index contributed by atoms with van der Waals surface area (Å²) in [7, 11) is 0. The average molecular weight is 492 g/mol. The van der Waals surface area contributed by atoms with Crippen molar-refractivity contribution in [1.29, 1.82) is 0 Å². The van der Waals surface area contributed by atoms with E-state index in [1.165, 1.54) is 0 Å². The van der Waals surface area contributed by atoms with Crippen molar-refractivity contribution in [1.82, 2.24) is 0 Å². The largest absolute Gasteiger partial charge is 0.504 e. The van der Waals surface area contributed by atoms with Gasteiger partial charge in [0.25, 0.3) is 11.2 Å². The van der Waals surface area contributed by atoms with E-state index >= 15 is 0 Å². The summed E-state index contributed by atoms with van der Waals surface area (Å²) in [6, 6.07) is 1.34. The third kappa shape index (κ3) is 3.27. The Kier molecular flexibility index (Phi) is 5.56. The van der Waals surface area contributed by atoms with Crippen LogP contribution < -0.4 is 0 Å². The summed E-state index contributed by atoms with van der Waals surface area (Å²) in [6.45, 7) is 0. The van der Waals surface area contributed by atoms with Crippen molar-refractivity contribution >= 4 is 10.8 Å². The zero-order valence-electron chi connectivity index (χ0n) is 14.6. The molecule has 0 heterocycles. The summed E-state index contributed by atoms with van der Waals surface area (Å²) in [6.07, 6.45) is -26.9. The van der Waals surface area contributed by atoms with Gasteiger partial charge in [0.1, 0.15) is 0 Å². The Morgan fingerprint density at radius 2 is 0.688 bits per heavy atom. The van der Waals surface area contributed by atoms with Crippen LogP contribution in [-0.4, -0.2) is 45.1 Å². The minimum atomic E-state index is -6.73. The lowest BCUT2D eigenvalue weighted by molar-refractivity contribution is -0.377. The van der Waals surface area contributed by atoms with Crippen molar-refractivity contribution in [3.05, 3.63) is 35.4 Å². The molecule has 4 N–H and O–H groups in total. The summed E-state index contributed by atoms with van der Waals surface area (Å²) in [5.74, 6) is -5.63. The normalized spacial score (nSPS) is 14.8. The van der Waals surface area contributed by atoms with E-state index in [0.29, 0.717) is 12.1 Å². The molecule has 2 rings (SSSR count). The van der Waals surface area contributed by atoms with Crippen LogP contribution in [0.3, 0.4) is 0 Å². The van der Waals surface area contributed by atoms with Crippen molar-refractivity contribution in [2.45, 2.75) is 35.9 Å². The number of rotatable bonds is 2. The molecule has 0 aromatic heterocycles. The molecule has 0 aliphatic heterocycles. The maximum Gasteiger partial charge on any atom is 0.430 e. The van der Waals surface area contributed by atoms with Crippen LogP contribution in [0, 0.1) is 0 Å². The molecule has 180 valence electrons. The van der Waals surface area contributed by atoms with Crippen molar-refractivity contribution in [3.8, 4) is 11.5 Å². The maximum atomic E-state index is 13.3. The number of hydrogen-bond donors (Lipinski definition) is 4. The van der Waals surface area contributed by atoms with Gasteiger partial charge in [-0.2, -0.15) is 52.7 Å². The van der Waals surface area contributed by atoms with E-state index in [2.05, 4.69) is 0 Å². The Morgan fingerprint density at radius 3 is 0.875 bits per heavy atom. The first kappa shape index (κ1) is 25.6. The number of aromatic hydroxyl groups is 2. The van der Waals surface area contributed by atoms with Gasteiger partial charge in [0.15, 0.2) is 11.5 Å². The Morgan fingerprint density at radius 1 is 0.469 bits per heavy atom. The summed E-state index contributed by atoms with van der Waals surface area (Å²) >= 11 is 0. The number of fused-ring (bicyclic) bond motifs is 1. The molecule has 0 saturated heterocycles. The topological polar surface area (TPSA) is 80.9 Å². The molecule has 0 radical (unpaired) electrons. The van der Waals surface area contributed by atoms with Gasteiger partial charge in [-0.05, 0) is 10.8 Å². The molecule has 32 heavy (non-hydrogen) atoms. The molecule has 0 bridgehead atoms. The number of phenolic OH excluding ortho intramolecular Hbond substituents is 2. The smallest absolute Gasteiger partial charge is 0.430 e. The fourth-order valence-corrected chi connectivity index (χ4v) is 3.03. The first-order valence-corrected chi connectivity index (χ1v) is 7.74. The number of benzene rings is 2. The van der Waals surface area contributed by atoms with Crippen LogP contribution in [0.1, 0.15) is 11.1 Å². The van der Waals surface area contributed by atoms with Crippen molar-refractivity contribution < 1.29 is 73.1 Å². The highest BCUT2D eigenvalue weighted by Crippen LogP contribution is 2.61. The monoisotopic (exact) mass is 492 g/mol. The molecule has 0 saturated carbocycles. The molecule has 0 amide bonds. The molecule has 0 aliphatic rings. The summed E-state index contributed by atoms with van der Waals surface area (Å²) < 4.78 is 159. The molecule has 0 spiro atoms. The van der Waals surface area contributed by atoms with Gasteiger partial charge >= 0.3 is 24.7 Å². The number of aliphatic hydroxyl groups is 2. The molecular formula is C16H8F12O4. The Hall–Kier alpha value is -2.62. The molecule has 0 atom stereocenters. The second-order valence-electron chi connectivity index (χ2n) is 6.40. The van der Waals surface area contributed by atoms with Crippen LogP contribution in [-0.2, 0) is 11.2 Å². The van der Waals surface area contributed by atoms with E-state index in [1.807, 2.05) is 0 Å². The number of phenols is 2. The fourth-order valence-electron chi connectivity index (χ4n) is 3.03. The lowest BCUT2D eigenvalue weighted by atomic mass is 9.80. The molecule has 0 unspecified atom stereocenters. The zero-order chi connectivity index (χ0) is 25.3. The zero-order valence-corrected chi connectivity index (χ0v) is 14.6. The summed E-state index contributed by atoms with van der Waals surface area (Å²) in [5.41, 5.74) is -17.5. The number of halogens is 12. The maximum absolute atomic E-state index is 13.3. The number of alkyl halides is 12. The van der Waals surface area contributed by atoms with Crippen molar-refractivity contribution in [2.75, 3.05) is 0 Å². The van der Waals surface area contributed by atoms with E-state index in [4.69, 9.17) is 0 Å². The van der Waals surface area contributed by atoms with Gasteiger partial charge in [0, 0.05) is 0 Å². The summed E-state index contributed by atoms with van der Waals surface area (Å²) in [4.78, 5) is 0. The van der Waals surface area contributed by atoms with Crippen LogP contribution in [0.2, 0.25) is 0 Å². The molecule has 0 aliphatic carbocycles. The Balaban J connectivity index is 3.26. The minimum Gasteiger partial charge on any atom is -0.504 e.